The lowest BCUT2D eigenvalue weighted by Crippen LogP contribution is -2.20. The fourth-order valence-electron chi connectivity index (χ4n) is 2.51. The zero-order chi connectivity index (χ0) is 13.4. The molecule has 20 heavy (non-hydrogen) atoms. The van der Waals surface area contributed by atoms with E-state index in [1.54, 1.807) is 0 Å². The van der Waals surface area contributed by atoms with E-state index in [0.29, 0.717) is 0 Å². The van der Waals surface area contributed by atoms with Crippen LogP contribution in [0.1, 0.15) is 5.69 Å². The molecule has 1 radical (unpaired) electrons. The largest absolute Gasteiger partial charge is 0.344 e. The first kappa shape index (κ1) is 11.2. The summed E-state index contributed by atoms with van der Waals surface area (Å²) in [6.45, 7) is 0.868. The summed E-state index contributed by atoms with van der Waals surface area (Å²) in [4.78, 5) is 6.90. The van der Waals surface area contributed by atoms with Gasteiger partial charge in [-0.3, -0.25) is 0 Å². The predicted octanol–water partition coefficient (Wildman–Crippen LogP) is 3.70. The van der Waals surface area contributed by atoms with Crippen LogP contribution in [-0.2, 0) is 0 Å². The molecule has 2 heteroatoms. The molecule has 0 saturated carbocycles. The highest BCUT2D eigenvalue weighted by atomic mass is 15.1. The maximum absolute atomic E-state index is 4.73. The molecule has 2 aliphatic rings. The Kier molecular flexibility index (Phi) is 2.52. The van der Waals surface area contributed by atoms with Crippen molar-refractivity contribution >= 4 is 16.5 Å². The second-order valence-corrected chi connectivity index (χ2v) is 4.87. The van der Waals surface area contributed by atoms with Gasteiger partial charge in [0.05, 0.1) is 11.2 Å². The Bertz CT molecular complexity index is 794. The van der Waals surface area contributed by atoms with Crippen LogP contribution in [0.4, 0.5) is 0 Å². The van der Waals surface area contributed by atoms with Gasteiger partial charge in [0.25, 0.3) is 0 Å². The van der Waals surface area contributed by atoms with Crippen molar-refractivity contribution in [3.05, 3.63) is 84.4 Å². The average Bonchev–Trinajstić information content (AvgIpc) is 2.54. The number of allylic oxidation sites excluding steroid dienone is 5. The van der Waals surface area contributed by atoms with E-state index in [1.165, 1.54) is 5.39 Å². The highest BCUT2D eigenvalue weighted by Crippen LogP contribution is 2.25. The molecule has 0 aliphatic carbocycles. The number of hydrogen-bond donors (Lipinski definition) is 0. The lowest BCUT2D eigenvalue weighted by molar-refractivity contribution is 0.522. The summed E-state index contributed by atoms with van der Waals surface area (Å²) in [5.41, 5.74) is 4.18. The summed E-state index contributed by atoms with van der Waals surface area (Å²) in [5.74, 6) is 0. The Labute approximate surface area is 118 Å². The van der Waals surface area contributed by atoms with E-state index in [4.69, 9.17) is 4.98 Å². The first-order valence-corrected chi connectivity index (χ1v) is 6.72. The molecule has 95 valence electrons. The van der Waals surface area contributed by atoms with Gasteiger partial charge in [0.1, 0.15) is 0 Å². The number of para-hydroxylation sites is 1. The van der Waals surface area contributed by atoms with Crippen LogP contribution in [0.5, 0.6) is 0 Å². The van der Waals surface area contributed by atoms with Gasteiger partial charge in [-0.1, -0.05) is 36.4 Å². The standard InChI is InChI=1S/C18H13N2/c1-2-7-17-14(5-1)8-9-18(19-17)15-10-12-20-11-4-3-6-16(20)13-15/h1-11H,12H2. The normalized spacial score (nSPS) is 16.9. The van der Waals surface area contributed by atoms with E-state index in [1.807, 2.05) is 30.4 Å². The summed E-state index contributed by atoms with van der Waals surface area (Å²) >= 11 is 0. The van der Waals surface area contributed by atoms with Gasteiger partial charge in [-0.25, -0.2) is 4.98 Å². The zero-order valence-electron chi connectivity index (χ0n) is 11.0. The van der Waals surface area contributed by atoms with Gasteiger partial charge in [-0.05, 0) is 24.3 Å². The zero-order valence-corrected chi connectivity index (χ0v) is 11.0. The van der Waals surface area contributed by atoms with E-state index < -0.39 is 0 Å². The molecule has 3 heterocycles. The third-order valence-electron chi connectivity index (χ3n) is 3.57. The quantitative estimate of drug-likeness (QED) is 0.774. The number of hydrogen-bond acceptors (Lipinski definition) is 2. The molecular formula is C18H13N2. The number of nitrogens with zero attached hydrogens (tertiary/aromatic N) is 2. The molecule has 2 nitrogen and oxygen atoms in total. The second kappa shape index (κ2) is 4.49. The molecule has 0 atom stereocenters. The average molecular weight is 257 g/mol. The van der Waals surface area contributed by atoms with Crippen LogP contribution < -0.4 is 0 Å². The van der Waals surface area contributed by atoms with Gasteiger partial charge in [-0.15, -0.1) is 0 Å². The van der Waals surface area contributed by atoms with E-state index in [0.717, 1.165) is 29.0 Å². The first-order valence-electron chi connectivity index (χ1n) is 6.72. The van der Waals surface area contributed by atoms with Gasteiger partial charge in [-0.2, -0.15) is 0 Å². The highest BCUT2D eigenvalue weighted by Gasteiger charge is 2.14. The number of aromatic nitrogens is 1. The number of benzene rings is 1. The summed E-state index contributed by atoms with van der Waals surface area (Å²) < 4.78 is 0. The predicted molar refractivity (Wildman–Crippen MR) is 81.5 cm³/mol. The molecule has 4 rings (SSSR count). The third kappa shape index (κ3) is 1.86. The third-order valence-corrected chi connectivity index (χ3v) is 3.57. The van der Waals surface area contributed by atoms with Crippen molar-refractivity contribution in [3.63, 3.8) is 0 Å². The molecule has 0 spiro atoms. The minimum Gasteiger partial charge on any atom is -0.344 e. The van der Waals surface area contributed by atoms with E-state index in [9.17, 15) is 0 Å². The molecule has 0 unspecified atom stereocenters. The highest BCUT2D eigenvalue weighted by molar-refractivity contribution is 5.82. The first-order chi connectivity index (χ1) is 9.90. The van der Waals surface area contributed by atoms with Gasteiger partial charge in [0.15, 0.2) is 0 Å². The molecule has 0 amide bonds. The Balaban J connectivity index is 1.76. The van der Waals surface area contributed by atoms with Crippen molar-refractivity contribution < 1.29 is 0 Å². The van der Waals surface area contributed by atoms with Gasteiger partial charge in [0.2, 0.25) is 0 Å². The lowest BCUT2D eigenvalue weighted by Gasteiger charge is -2.25. The maximum Gasteiger partial charge on any atom is 0.0714 e. The van der Waals surface area contributed by atoms with Crippen molar-refractivity contribution in [3.8, 4) is 0 Å². The Hall–Kier alpha value is -2.61. The van der Waals surface area contributed by atoms with Crippen LogP contribution in [0.25, 0.3) is 16.5 Å². The monoisotopic (exact) mass is 257 g/mol. The maximum atomic E-state index is 4.73. The van der Waals surface area contributed by atoms with Gasteiger partial charge < -0.3 is 4.90 Å². The minimum absolute atomic E-state index is 0.868. The summed E-state index contributed by atoms with van der Waals surface area (Å²) in [5, 5.41) is 1.17. The fraction of sp³-hybridized carbons (Fsp3) is 0.0556. The molecule has 0 saturated heterocycles. The summed E-state index contributed by atoms with van der Waals surface area (Å²) in [6, 6.07) is 12.4. The Morgan fingerprint density at radius 3 is 3.00 bits per heavy atom. The molecule has 0 fully saturated rings. The van der Waals surface area contributed by atoms with Crippen LogP contribution in [0, 0.1) is 6.08 Å². The van der Waals surface area contributed by atoms with Gasteiger partial charge in [0, 0.05) is 35.5 Å². The van der Waals surface area contributed by atoms with Crippen molar-refractivity contribution in [1.82, 2.24) is 9.88 Å². The van der Waals surface area contributed by atoms with Crippen molar-refractivity contribution in [2.45, 2.75) is 0 Å². The van der Waals surface area contributed by atoms with Crippen molar-refractivity contribution in [2.75, 3.05) is 6.54 Å². The number of fused-ring (bicyclic) bond motifs is 2. The lowest BCUT2D eigenvalue weighted by atomic mass is 10.0. The molecule has 2 aliphatic heterocycles. The summed E-state index contributed by atoms with van der Waals surface area (Å²) in [6.07, 6.45) is 13.8. The van der Waals surface area contributed by atoms with E-state index >= 15 is 0 Å². The molecular weight excluding hydrogens is 244 g/mol. The smallest absolute Gasteiger partial charge is 0.0714 e. The fourth-order valence-corrected chi connectivity index (χ4v) is 2.51. The number of pyridine rings is 1. The van der Waals surface area contributed by atoms with Crippen molar-refractivity contribution in [1.29, 1.82) is 0 Å². The minimum atomic E-state index is 0.868. The topological polar surface area (TPSA) is 16.1 Å². The van der Waals surface area contributed by atoms with Crippen LogP contribution in [0.3, 0.4) is 0 Å². The van der Waals surface area contributed by atoms with Crippen LogP contribution >= 0.6 is 0 Å². The Morgan fingerprint density at radius 1 is 1.05 bits per heavy atom. The molecule has 1 aromatic heterocycles. The SMILES string of the molecule is [C]1=C2C=CC=CN2CC=C1c1ccc2ccccc2n1. The van der Waals surface area contributed by atoms with Crippen LogP contribution in [0.15, 0.2) is 72.6 Å². The molecule has 0 bridgehead atoms. The van der Waals surface area contributed by atoms with Crippen molar-refractivity contribution in [2.24, 2.45) is 0 Å². The number of rotatable bonds is 1. The summed E-state index contributed by atoms with van der Waals surface area (Å²) in [7, 11) is 0. The van der Waals surface area contributed by atoms with E-state index in [-0.39, 0.29) is 0 Å². The molecule has 0 N–H and O–H groups in total. The van der Waals surface area contributed by atoms with Crippen LogP contribution in [0.2, 0.25) is 0 Å². The molecule has 1 aromatic carbocycles. The van der Waals surface area contributed by atoms with Gasteiger partial charge >= 0.3 is 0 Å². The second-order valence-electron chi connectivity index (χ2n) is 4.87. The Morgan fingerprint density at radius 2 is 2.00 bits per heavy atom. The molecule has 2 aromatic rings. The van der Waals surface area contributed by atoms with E-state index in [2.05, 4.69) is 47.5 Å². The van der Waals surface area contributed by atoms with Crippen LogP contribution in [-0.4, -0.2) is 16.4 Å².